The number of nitrogens with one attached hydrogen (secondary N) is 1. The van der Waals surface area contributed by atoms with Crippen LogP contribution in [0.4, 0.5) is 0 Å². The average Bonchev–Trinajstić information content (AvgIpc) is 2.23. The van der Waals surface area contributed by atoms with Crippen molar-refractivity contribution in [1.29, 1.82) is 0 Å². The highest BCUT2D eigenvalue weighted by molar-refractivity contribution is 5.79. The van der Waals surface area contributed by atoms with E-state index in [1.54, 1.807) is 12.3 Å². The molecule has 2 aromatic rings. The molecule has 1 aromatic carbocycles. The van der Waals surface area contributed by atoms with E-state index < -0.39 is 0 Å². The van der Waals surface area contributed by atoms with E-state index in [0.29, 0.717) is 0 Å². The van der Waals surface area contributed by atoms with Crippen molar-refractivity contribution in [2.45, 2.75) is 13.8 Å². The molecule has 0 unspecified atom stereocenters. The van der Waals surface area contributed by atoms with E-state index in [9.17, 15) is 4.79 Å². The number of aromatic nitrogens is 1. The summed E-state index contributed by atoms with van der Waals surface area (Å²) in [4.78, 5) is 11.6. The van der Waals surface area contributed by atoms with Crippen LogP contribution in [0, 0.1) is 6.92 Å². The largest absolute Gasteiger partial charge is 0.326 e. The lowest BCUT2D eigenvalue weighted by Crippen LogP contribution is -2.17. The van der Waals surface area contributed by atoms with Gasteiger partial charge in [0.1, 0.15) is 0 Å². The van der Waals surface area contributed by atoms with Crippen LogP contribution in [0.1, 0.15) is 12.5 Å². The Morgan fingerprint density at radius 3 is 2.87 bits per heavy atom. The highest BCUT2D eigenvalue weighted by Crippen LogP contribution is 2.10. The van der Waals surface area contributed by atoms with Crippen LogP contribution in [0.5, 0.6) is 0 Å². The molecular weight excluding hydrogens is 188 g/mol. The summed E-state index contributed by atoms with van der Waals surface area (Å²) in [5.74, 6) is 0. The minimum Gasteiger partial charge on any atom is -0.326 e. The van der Waals surface area contributed by atoms with E-state index in [0.717, 1.165) is 23.0 Å². The minimum atomic E-state index is 0.0721. The van der Waals surface area contributed by atoms with Gasteiger partial charge in [0.05, 0.1) is 5.52 Å². The molecule has 0 aliphatic rings. The van der Waals surface area contributed by atoms with Gasteiger partial charge in [0.2, 0.25) is 0 Å². The van der Waals surface area contributed by atoms with Gasteiger partial charge in [0.15, 0.2) is 5.43 Å². The highest BCUT2D eigenvalue weighted by Gasteiger charge is 2.01. The van der Waals surface area contributed by atoms with Crippen LogP contribution in [0.15, 0.2) is 35.3 Å². The summed E-state index contributed by atoms with van der Waals surface area (Å²) in [5.41, 5.74) is 5.28. The summed E-state index contributed by atoms with van der Waals surface area (Å²) in [6.45, 7) is 4.84. The standard InChI is InChI=1S/C12H14N2O/c1-3-13-14-7-6-12(15)10-8-9(2)4-5-11(10)14/h4-8,13H,3H2,1-2H3. The number of hydrogen-bond donors (Lipinski definition) is 1. The Balaban J connectivity index is 2.76. The van der Waals surface area contributed by atoms with Gasteiger partial charge in [-0.15, -0.1) is 0 Å². The Morgan fingerprint density at radius 1 is 1.33 bits per heavy atom. The van der Waals surface area contributed by atoms with E-state index in [4.69, 9.17) is 0 Å². The third-order valence-corrected chi connectivity index (χ3v) is 2.38. The fourth-order valence-electron chi connectivity index (χ4n) is 1.68. The monoisotopic (exact) mass is 202 g/mol. The normalized spacial score (nSPS) is 10.5. The summed E-state index contributed by atoms with van der Waals surface area (Å²) in [6.07, 6.45) is 1.77. The van der Waals surface area contributed by atoms with Crippen molar-refractivity contribution in [3.05, 3.63) is 46.2 Å². The second-order valence-corrected chi connectivity index (χ2v) is 3.58. The molecule has 1 N–H and O–H groups in total. The zero-order valence-corrected chi connectivity index (χ0v) is 8.95. The second-order valence-electron chi connectivity index (χ2n) is 3.58. The zero-order valence-electron chi connectivity index (χ0n) is 8.95. The maximum Gasteiger partial charge on any atom is 0.189 e. The first-order chi connectivity index (χ1) is 7.22. The molecule has 3 nitrogen and oxygen atoms in total. The number of hydrogen-bond acceptors (Lipinski definition) is 2. The number of fused-ring (bicyclic) bond motifs is 1. The Bertz CT molecular complexity index is 543. The molecular formula is C12H14N2O. The molecule has 0 aliphatic heterocycles. The van der Waals surface area contributed by atoms with E-state index >= 15 is 0 Å². The number of benzene rings is 1. The lowest BCUT2D eigenvalue weighted by molar-refractivity contribution is 0.889. The summed E-state index contributed by atoms with van der Waals surface area (Å²) in [5, 5.41) is 0.762. The van der Waals surface area contributed by atoms with Gasteiger partial charge in [-0.05, 0) is 26.0 Å². The van der Waals surface area contributed by atoms with Crippen molar-refractivity contribution in [2.24, 2.45) is 0 Å². The molecule has 3 heteroatoms. The highest BCUT2D eigenvalue weighted by atomic mass is 16.1. The van der Waals surface area contributed by atoms with Gasteiger partial charge in [-0.3, -0.25) is 9.47 Å². The van der Waals surface area contributed by atoms with E-state index in [-0.39, 0.29) is 5.43 Å². The van der Waals surface area contributed by atoms with Crippen molar-refractivity contribution in [3.8, 4) is 0 Å². The minimum absolute atomic E-state index is 0.0721. The van der Waals surface area contributed by atoms with Gasteiger partial charge in [-0.25, -0.2) is 0 Å². The lowest BCUT2D eigenvalue weighted by atomic mass is 10.1. The Hall–Kier alpha value is -1.77. The van der Waals surface area contributed by atoms with Gasteiger partial charge < -0.3 is 5.43 Å². The molecule has 0 atom stereocenters. The van der Waals surface area contributed by atoms with Crippen molar-refractivity contribution < 1.29 is 0 Å². The summed E-state index contributed by atoms with van der Waals surface area (Å²) in [6, 6.07) is 7.49. The van der Waals surface area contributed by atoms with Crippen LogP contribution in [0.3, 0.4) is 0 Å². The predicted octanol–water partition coefficient (Wildman–Crippen LogP) is 1.87. The van der Waals surface area contributed by atoms with Gasteiger partial charge >= 0.3 is 0 Å². The van der Waals surface area contributed by atoms with Crippen LogP contribution >= 0.6 is 0 Å². The molecule has 78 valence electrons. The fourth-order valence-corrected chi connectivity index (χ4v) is 1.68. The van der Waals surface area contributed by atoms with Crippen LogP contribution in [0.2, 0.25) is 0 Å². The van der Waals surface area contributed by atoms with Crippen molar-refractivity contribution >= 4 is 10.9 Å². The van der Waals surface area contributed by atoms with E-state index in [1.165, 1.54) is 0 Å². The lowest BCUT2D eigenvalue weighted by Gasteiger charge is -2.11. The second kappa shape index (κ2) is 3.77. The SMILES string of the molecule is CCNn1ccc(=O)c2cc(C)ccc21. The first kappa shape index (κ1) is 9.77. The third kappa shape index (κ3) is 1.73. The topological polar surface area (TPSA) is 34.0 Å². The molecule has 0 spiro atoms. The molecule has 0 amide bonds. The molecule has 2 rings (SSSR count). The Labute approximate surface area is 88.3 Å². The first-order valence-electron chi connectivity index (χ1n) is 5.08. The van der Waals surface area contributed by atoms with Gasteiger partial charge in [0.25, 0.3) is 0 Å². The molecule has 0 saturated carbocycles. The molecule has 0 aliphatic carbocycles. The molecule has 1 aromatic heterocycles. The van der Waals surface area contributed by atoms with Crippen LogP contribution in [-0.4, -0.2) is 11.2 Å². The summed E-state index contributed by atoms with van der Waals surface area (Å²) < 4.78 is 1.89. The van der Waals surface area contributed by atoms with Crippen molar-refractivity contribution in [3.63, 3.8) is 0 Å². The number of aryl methyl sites for hydroxylation is 1. The Kier molecular flexibility index (Phi) is 2.46. The van der Waals surface area contributed by atoms with Gasteiger partial charge in [-0.1, -0.05) is 11.6 Å². The number of nitrogens with zero attached hydrogens (tertiary/aromatic N) is 1. The van der Waals surface area contributed by atoms with E-state index in [1.807, 2.05) is 36.7 Å². The maximum atomic E-state index is 11.6. The smallest absolute Gasteiger partial charge is 0.189 e. The molecule has 0 saturated heterocycles. The average molecular weight is 202 g/mol. The maximum absolute atomic E-state index is 11.6. The van der Waals surface area contributed by atoms with Crippen molar-refractivity contribution in [1.82, 2.24) is 4.68 Å². The van der Waals surface area contributed by atoms with Gasteiger partial charge in [-0.2, -0.15) is 0 Å². The summed E-state index contributed by atoms with van der Waals surface area (Å²) >= 11 is 0. The third-order valence-electron chi connectivity index (χ3n) is 2.38. The van der Waals surface area contributed by atoms with E-state index in [2.05, 4.69) is 5.43 Å². The van der Waals surface area contributed by atoms with Crippen molar-refractivity contribution in [2.75, 3.05) is 12.0 Å². The number of pyridine rings is 1. The van der Waals surface area contributed by atoms with Crippen LogP contribution in [-0.2, 0) is 0 Å². The molecule has 0 radical (unpaired) electrons. The molecule has 0 fully saturated rings. The zero-order chi connectivity index (χ0) is 10.8. The van der Waals surface area contributed by atoms with Crippen LogP contribution in [0.25, 0.3) is 10.9 Å². The van der Waals surface area contributed by atoms with Crippen LogP contribution < -0.4 is 10.9 Å². The molecule has 0 bridgehead atoms. The molecule has 15 heavy (non-hydrogen) atoms. The van der Waals surface area contributed by atoms with Gasteiger partial charge in [0, 0.05) is 24.2 Å². The number of rotatable bonds is 2. The quantitative estimate of drug-likeness (QED) is 0.806. The molecule has 1 heterocycles. The summed E-state index contributed by atoms with van der Waals surface area (Å²) in [7, 11) is 0. The predicted molar refractivity (Wildman–Crippen MR) is 62.8 cm³/mol. The Morgan fingerprint density at radius 2 is 2.13 bits per heavy atom. The fraction of sp³-hybridized carbons (Fsp3) is 0.250. The first-order valence-corrected chi connectivity index (χ1v) is 5.08.